The maximum absolute atomic E-state index is 13.8. The number of ether oxygens (including phenoxy) is 1. The fourth-order valence-electron chi connectivity index (χ4n) is 1.42. The molecule has 1 heterocycles. The molecule has 0 radical (unpaired) electrons. The normalized spacial score (nSPS) is 10.4. The molecule has 0 saturated heterocycles. The summed E-state index contributed by atoms with van der Waals surface area (Å²) in [5.41, 5.74) is 9.28. The minimum Gasteiger partial charge on any atom is -0.481 e. The van der Waals surface area contributed by atoms with E-state index in [0.29, 0.717) is 0 Å². The maximum Gasteiger partial charge on any atom is 0.264 e. The highest BCUT2D eigenvalue weighted by Crippen LogP contribution is 2.23. The van der Waals surface area contributed by atoms with Gasteiger partial charge in [0.15, 0.2) is 18.2 Å². The van der Waals surface area contributed by atoms with Gasteiger partial charge >= 0.3 is 0 Å². The van der Waals surface area contributed by atoms with Crippen LogP contribution in [0.4, 0.5) is 8.78 Å². The Labute approximate surface area is 121 Å². The Morgan fingerprint density at radius 1 is 1.38 bits per heavy atom. The summed E-state index contributed by atoms with van der Waals surface area (Å²) in [7, 11) is 0. The Kier molecular flexibility index (Phi) is 4.08. The van der Waals surface area contributed by atoms with E-state index in [-0.39, 0.29) is 29.1 Å². The average molecular weight is 314 g/mol. The Morgan fingerprint density at radius 3 is 2.67 bits per heavy atom. The average Bonchev–Trinajstić information content (AvgIpc) is 2.86. The summed E-state index contributed by atoms with van der Waals surface area (Å²) in [5, 5.41) is 3.45. The standard InChI is InChI=1S/C11H8F2N4O3S/c12-4-1-2-5(8(13)7(4)9(14)18)19-3-6-16-11(10(15)21)17-20-6/h1-2H,3H2,(H2,14,18)(H2,15,21). The van der Waals surface area contributed by atoms with Crippen molar-refractivity contribution in [2.45, 2.75) is 6.61 Å². The number of amides is 1. The molecule has 2 aromatic rings. The van der Waals surface area contributed by atoms with Crippen LogP contribution in [0.5, 0.6) is 5.75 Å². The topological polar surface area (TPSA) is 117 Å². The van der Waals surface area contributed by atoms with Crippen LogP contribution in [-0.2, 0) is 6.61 Å². The van der Waals surface area contributed by atoms with E-state index in [0.717, 1.165) is 12.1 Å². The molecule has 2 rings (SSSR count). The lowest BCUT2D eigenvalue weighted by molar-refractivity contribution is 0.0991. The van der Waals surface area contributed by atoms with Gasteiger partial charge in [-0.2, -0.15) is 4.98 Å². The molecule has 1 amide bonds. The van der Waals surface area contributed by atoms with Gasteiger partial charge in [-0.25, -0.2) is 8.78 Å². The summed E-state index contributed by atoms with van der Waals surface area (Å²) in [4.78, 5) is 14.7. The molecule has 1 aromatic carbocycles. The molecule has 21 heavy (non-hydrogen) atoms. The monoisotopic (exact) mass is 314 g/mol. The van der Waals surface area contributed by atoms with Crippen LogP contribution < -0.4 is 16.2 Å². The molecule has 0 bridgehead atoms. The number of thiocarbonyl (C=S) groups is 1. The fourth-order valence-corrected chi connectivity index (χ4v) is 1.51. The lowest BCUT2D eigenvalue weighted by Gasteiger charge is -2.07. The molecule has 0 unspecified atom stereocenters. The van der Waals surface area contributed by atoms with Gasteiger partial charge in [0.2, 0.25) is 5.82 Å². The molecule has 10 heteroatoms. The first-order valence-electron chi connectivity index (χ1n) is 5.43. The molecular formula is C11H8F2N4O3S. The van der Waals surface area contributed by atoms with E-state index in [1.807, 2.05) is 0 Å². The predicted molar refractivity (Wildman–Crippen MR) is 69.4 cm³/mol. The Morgan fingerprint density at radius 2 is 2.10 bits per heavy atom. The molecule has 1 aromatic heterocycles. The second kappa shape index (κ2) is 5.79. The van der Waals surface area contributed by atoms with E-state index >= 15 is 0 Å². The highest BCUT2D eigenvalue weighted by molar-refractivity contribution is 7.80. The van der Waals surface area contributed by atoms with Crippen LogP contribution in [0, 0.1) is 11.6 Å². The van der Waals surface area contributed by atoms with E-state index < -0.39 is 23.1 Å². The van der Waals surface area contributed by atoms with Gasteiger partial charge in [0.25, 0.3) is 11.8 Å². The number of nitrogens with two attached hydrogens (primary N) is 2. The number of rotatable bonds is 5. The zero-order chi connectivity index (χ0) is 15.6. The fraction of sp³-hybridized carbons (Fsp3) is 0.0909. The molecule has 110 valence electrons. The van der Waals surface area contributed by atoms with Crippen LogP contribution in [0.2, 0.25) is 0 Å². The third-order valence-corrected chi connectivity index (χ3v) is 2.52. The second-order valence-electron chi connectivity index (χ2n) is 3.76. The van der Waals surface area contributed by atoms with E-state index in [9.17, 15) is 13.6 Å². The number of benzene rings is 1. The molecular weight excluding hydrogens is 306 g/mol. The van der Waals surface area contributed by atoms with Crippen molar-refractivity contribution in [3.63, 3.8) is 0 Å². The summed E-state index contributed by atoms with van der Waals surface area (Å²) in [6, 6.07) is 1.86. The van der Waals surface area contributed by atoms with Gasteiger partial charge in [0, 0.05) is 0 Å². The first kappa shape index (κ1) is 14.8. The molecule has 0 aliphatic carbocycles. The first-order chi connectivity index (χ1) is 9.90. The zero-order valence-corrected chi connectivity index (χ0v) is 11.1. The molecule has 0 saturated carbocycles. The second-order valence-corrected chi connectivity index (χ2v) is 4.20. The molecule has 0 fully saturated rings. The number of primary amides is 1. The highest BCUT2D eigenvalue weighted by atomic mass is 32.1. The van der Waals surface area contributed by atoms with Gasteiger partial charge in [-0.05, 0) is 12.1 Å². The van der Waals surface area contributed by atoms with Crippen molar-refractivity contribution < 1.29 is 22.8 Å². The minimum atomic E-state index is -1.25. The SMILES string of the molecule is NC(=O)c1c(F)ccc(OCc2nc(C(N)=S)no2)c1F. The highest BCUT2D eigenvalue weighted by Gasteiger charge is 2.20. The predicted octanol–water partition coefficient (Wildman–Crippen LogP) is 0.660. The van der Waals surface area contributed by atoms with Gasteiger partial charge in [-0.1, -0.05) is 17.4 Å². The maximum atomic E-state index is 13.8. The van der Waals surface area contributed by atoms with E-state index in [1.54, 1.807) is 0 Å². The van der Waals surface area contributed by atoms with E-state index in [2.05, 4.69) is 22.4 Å². The molecule has 0 atom stereocenters. The van der Waals surface area contributed by atoms with Gasteiger partial charge in [0.05, 0.1) is 0 Å². The number of nitrogens with zero attached hydrogens (tertiary/aromatic N) is 2. The molecule has 0 spiro atoms. The smallest absolute Gasteiger partial charge is 0.264 e. The number of carbonyl (C=O) groups excluding carboxylic acids is 1. The summed E-state index contributed by atoms with van der Waals surface area (Å²) in [5.74, 6) is -3.95. The first-order valence-corrected chi connectivity index (χ1v) is 5.84. The van der Waals surface area contributed by atoms with Gasteiger partial charge in [0.1, 0.15) is 16.4 Å². The van der Waals surface area contributed by atoms with Crippen LogP contribution in [0.25, 0.3) is 0 Å². The zero-order valence-electron chi connectivity index (χ0n) is 10.3. The van der Waals surface area contributed by atoms with Crippen molar-refractivity contribution in [2.24, 2.45) is 11.5 Å². The molecule has 0 aliphatic rings. The summed E-state index contributed by atoms with van der Waals surface area (Å²) in [6.07, 6.45) is 0. The van der Waals surface area contributed by atoms with Crippen LogP contribution in [0.15, 0.2) is 16.7 Å². The van der Waals surface area contributed by atoms with Gasteiger partial charge in [-0.15, -0.1) is 0 Å². The van der Waals surface area contributed by atoms with Crippen molar-refractivity contribution in [1.29, 1.82) is 0 Å². The quantitative estimate of drug-likeness (QED) is 0.778. The number of halogens is 2. The third-order valence-electron chi connectivity index (χ3n) is 2.34. The minimum absolute atomic E-state index is 0.000929. The largest absolute Gasteiger partial charge is 0.481 e. The van der Waals surface area contributed by atoms with Crippen molar-refractivity contribution in [3.8, 4) is 5.75 Å². The lowest BCUT2D eigenvalue weighted by Crippen LogP contribution is -2.16. The van der Waals surface area contributed by atoms with E-state index in [1.165, 1.54) is 0 Å². The summed E-state index contributed by atoms with van der Waals surface area (Å²) >= 11 is 4.63. The number of aromatic nitrogens is 2. The molecule has 0 aliphatic heterocycles. The summed E-state index contributed by atoms with van der Waals surface area (Å²) in [6.45, 7) is -0.323. The third kappa shape index (κ3) is 3.11. The Balaban J connectivity index is 2.18. The van der Waals surface area contributed by atoms with Crippen molar-refractivity contribution in [1.82, 2.24) is 10.1 Å². The molecule has 4 N–H and O–H groups in total. The van der Waals surface area contributed by atoms with Gasteiger partial charge in [-0.3, -0.25) is 4.79 Å². The van der Waals surface area contributed by atoms with Gasteiger partial charge < -0.3 is 20.7 Å². The Hall–Kier alpha value is -2.62. The molecule has 7 nitrogen and oxygen atoms in total. The van der Waals surface area contributed by atoms with E-state index in [4.69, 9.17) is 20.7 Å². The van der Waals surface area contributed by atoms with Crippen LogP contribution in [0.3, 0.4) is 0 Å². The number of hydrogen-bond donors (Lipinski definition) is 2. The van der Waals surface area contributed by atoms with Crippen molar-refractivity contribution in [3.05, 3.63) is 41.0 Å². The van der Waals surface area contributed by atoms with Crippen LogP contribution in [0.1, 0.15) is 22.1 Å². The summed E-state index contributed by atoms with van der Waals surface area (Å²) < 4.78 is 36.9. The Bertz CT molecular complexity index is 719. The lowest BCUT2D eigenvalue weighted by atomic mass is 10.1. The van der Waals surface area contributed by atoms with Crippen LogP contribution >= 0.6 is 12.2 Å². The van der Waals surface area contributed by atoms with Crippen molar-refractivity contribution in [2.75, 3.05) is 0 Å². The van der Waals surface area contributed by atoms with Crippen molar-refractivity contribution >= 4 is 23.1 Å². The van der Waals surface area contributed by atoms with Crippen LogP contribution in [-0.4, -0.2) is 21.0 Å². The number of hydrogen-bond acceptors (Lipinski definition) is 6. The number of carbonyl (C=O) groups is 1.